The summed E-state index contributed by atoms with van der Waals surface area (Å²) in [6, 6.07) is 5.47. The first-order valence-electron chi connectivity index (χ1n) is 6.79. The molecule has 3 nitrogen and oxygen atoms in total. The molecule has 1 aliphatic rings. The van der Waals surface area contributed by atoms with E-state index in [9.17, 15) is 4.39 Å². The maximum Gasteiger partial charge on any atom is 0.146 e. The number of halogens is 1. The van der Waals surface area contributed by atoms with Crippen molar-refractivity contribution >= 4 is 5.69 Å². The first-order chi connectivity index (χ1) is 8.90. The van der Waals surface area contributed by atoms with Gasteiger partial charge in [-0.3, -0.25) is 0 Å². The van der Waals surface area contributed by atoms with Crippen molar-refractivity contribution in [1.29, 1.82) is 0 Å². The van der Waals surface area contributed by atoms with E-state index in [1.807, 2.05) is 19.1 Å². The fourth-order valence-electron chi connectivity index (χ4n) is 2.57. The van der Waals surface area contributed by atoms with E-state index in [1.165, 1.54) is 0 Å². The fourth-order valence-corrected chi connectivity index (χ4v) is 2.57. The zero-order valence-corrected chi connectivity index (χ0v) is 11.9. The number of ether oxygens (including phenoxy) is 1. The molecule has 1 aromatic rings. The zero-order valence-electron chi connectivity index (χ0n) is 11.9. The van der Waals surface area contributed by atoms with Gasteiger partial charge in [-0.15, -0.1) is 0 Å². The molecule has 1 saturated heterocycles. The molecule has 0 spiro atoms. The highest BCUT2D eigenvalue weighted by Crippen LogP contribution is 2.29. The lowest BCUT2D eigenvalue weighted by molar-refractivity contribution is 0.0640. The van der Waals surface area contributed by atoms with Crippen molar-refractivity contribution in [3.63, 3.8) is 0 Å². The van der Waals surface area contributed by atoms with Crippen molar-refractivity contribution in [2.75, 3.05) is 24.7 Å². The quantitative estimate of drug-likeness (QED) is 0.912. The molecule has 1 atom stereocenters. The number of anilines is 1. The minimum Gasteiger partial charge on any atom is -0.377 e. The van der Waals surface area contributed by atoms with E-state index in [-0.39, 0.29) is 17.4 Å². The molecule has 0 bridgehead atoms. The first kappa shape index (κ1) is 14.3. The Hall–Kier alpha value is -1.13. The van der Waals surface area contributed by atoms with E-state index in [1.54, 1.807) is 6.07 Å². The van der Waals surface area contributed by atoms with Gasteiger partial charge in [-0.05, 0) is 44.9 Å². The Morgan fingerprint density at radius 2 is 2.21 bits per heavy atom. The third-order valence-electron chi connectivity index (χ3n) is 3.51. The maximum atomic E-state index is 14.3. The van der Waals surface area contributed by atoms with Crippen molar-refractivity contribution in [3.05, 3.63) is 29.6 Å². The summed E-state index contributed by atoms with van der Waals surface area (Å²) in [4.78, 5) is 2.08. The molecule has 0 radical (unpaired) electrons. The van der Waals surface area contributed by atoms with Gasteiger partial charge in [0.1, 0.15) is 5.82 Å². The monoisotopic (exact) mass is 266 g/mol. The maximum absolute atomic E-state index is 14.3. The van der Waals surface area contributed by atoms with Gasteiger partial charge in [0.15, 0.2) is 0 Å². The Labute approximate surface area is 114 Å². The largest absolute Gasteiger partial charge is 0.377 e. The van der Waals surface area contributed by atoms with Gasteiger partial charge in [-0.25, -0.2) is 4.39 Å². The summed E-state index contributed by atoms with van der Waals surface area (Å²) >= 11 is 0. The summed E-state index contributed by atoms with van der Waals surface area (Å²) in [6.45, 7) is 8.05. The highest BCUT2D eigenvalue weighted by atomic mass is 19.1. The van der Waals surface area contributed by atoms with E-state index < -0.39 is 0 Å². The molecule has 1 fully saturated rings. The smallest absolute Gasteiger partial charge is 0.146 e. The van der Waals surface area contributed by atoms with Crippen LogP contribution in [0.4, 0.5) is 10.1 Å². The number of benzene rings is 1. The summed E-state index contributed by atoms with van der Waals surface area (Å²) in [7, 11) is 0. The number of hydrogen-bond donors (Lipinski definition) is 1. The third kappa shape index (κ3) is 3.25. The van der Waals surface area contributed by atoms with E-state index >= 15 is 0 Å². The van der Waals surface area contributed by atoms with Crippen LogP contribution in [-0.4, -0.2) is 31.3 Å². The van der Waals surface area contributed by atoms with Gasteiger partial charge >= 0.3 is 0 Å². The second-order valence-electron chi connectivity index (χ2n) is 5.98. The average molecular weight is 266 g/mol. The van der Waals surface area contributed by atoms with Crippen molar-refractivity contribution in [2.24, 2.45) is 5.73 Å². The first-order valence-corrected chi connectivity index (χ1v) is 6.79. The number of nitrogens with two attached hydrogens (primary N) is 1. The van der Waals surface area contributed by atoms with E-state index in [0.29, 0.717) is 25.3 Å². The molecule has 0 aliphatic carbocycles. The van der Waals surface area contributed by atoms with Gasteiger partial charge in [-0.1, -0.05) is 6.07 Å². The molecule has 19 heavy (non-hydrogen) atoms. The number of hydrogen-bond acceptors (Lipinski definition) is 3. The lowest BCUT2D eigenvalue weighted by atomic mass is 10.00. The van der Waals surface area contributed by atoms with Crippen LogP contribution in [0.1, 0.15) is 26.3 Å². The van der Waals surface area contributed by atoms with Crippen molar-refractivity contribution in [2.45, 2.75) is 38.8 Å². The lowest BCUT2D eigenvalue weighted by Crippen LogP contribution is -2.53. The van der Waals surface area contributed by atoms with E-state index in [0.717, 1.165) is 12.1 Å². The van der Waals surface area contributed by atoms with Gasteiger partial charge in [0, 0.05) is 12.6 Å². The van der Waals surface area contributed by atoms with Gasteiger partial charge in [0.2, 0.25) is 0 Å². The van der Waals surface area contributed by atoms with Crippen LogP contribution in [0.25, 0.3) is 0 Å². The van der Waals surface area contributed by atoms with Gasteiger partial charge < -0.3 is 15.4 Å². The Bertz CT molecular complexity index is 446. The summed E-state index contributed by atoms with van der Waals surface area (Å²) in [5, 5.41) is 0. The number of morpholine rings is 1. The van der Waals surface area contributed by atoms with Gasteiger partial charge in [-0.2, -0.15) is 0 Å². The number of nitrogens with zero attached hydrogens (tertiary/aromatic N) is 1. The topological polar surface area (TPSA) is 38.5 Å². The highest BCUT2D eigenvalue weighted by molar-refractivity contribution is 5.52. The van der Waals surface area contributed by atoms with Crippen LogP contribution in [0.5, 0.6) is 0 Å². The van der Waals surface area contributed by atoms with Crippen molar-refractivity contribution < 1.29 is 9.13 Å². The lowest BCUT2D eigenvalue weighted by Gasteiger charge is -2.43. The predicted octanol–water partition coefficient (Wildman–Crippen LogP) is 2.33. The van der Waals surface area contributed by atoms with E-state index in [4.69, 9.17) is 10.5 Å². The number of rotatable bonds is 3. The van der Waals surface area contributed by atoms with Crippen LogP contribution in [0.15, 0.2) is 18.2 Å². The van der Waals surface area contributed by atoms with Crippen molar-refractivity contribution in [1.82, 2.24) is 0 Å². The van der Waals surface area contributed by atoms with Gasteiger partial charge in [0.25, 0.3) is 0 Å². The molecular weight excluding hydrogens is 243 g/mol. The van der Waals surface area contributed by atoms with Crippen LogP contribution in [0.2, 0.25) is 0 Å². The molecule has 1 heterocycles. The van der Waals surface area contributed by atoms with E-state index in [2.05, 4.69) is 18.7 Å². The minimum atomic E-state index is -0.179. The Balaban J connectivity index is 2.25. The summed E-state index contributed by atoms with van der Waals surface area (Å²) in [5.41, 5.74) is 7.17. The zero-order chi connectivity index (χ0) is 14.0. The van der Waals surface area contributed by atoms with Crippen LogP contribution in [0, 0.1) is 5.82 Å². The molecule has 2 rings (SSSR count). The molecule has 1 unspecified atom stereocenters. The molecular formula is C15H23FN2O. The fraction of sp³-hybridized carbons (Fsp3) is 0.600. The Kier molecular flexibility index (Phi) is 4.11. The molecule has 2 N–H and O–H groups in total. The standard InChI is InChI=1S/C15H23FN2O/c1-11(17)8-12-4-5-14(13(16)9-12)18-6-7-19-10-15(18,2)3/h4-5,9,11H,6-8,10,17H2,1-3H3. The average Bonchev–Trinajstić information content (AvgIpc) is 2.29. The van der Waals surface area contributed by atoms with Gasteiger partial charge in [0.05, 0.1) is 24.4 Å². The van der Waals surface area contributed by atoms with Crippen molar-refractivity contribution in [3.8, 4) is 0 Å². The molecule has 0 saturated carbocycles. The normalized spacial score (nSPS) is 20.4. The van der Waals surface area contributed by atoms with Crippen LogP contribution >= 0.6 is 0 Å². The molecule has 4 heteroatoms. The molecule has 1 aliphatic heterocycles. The van der Waals surface area contributed by atoms with Crippen LogP contribution < -0.4 is 10.6 Å². The summed E-state index contributed by atoms with van der Waals surface area (Å²) in [6.07, 6.45) is 0.698. The molecule has 0 amide bonds. The summed E-state index contributed by atoms with van der Waals surface area (Å²) in [5.74, 6) is -0.173. The second kappa shape index (κ2) is 5.47. The minimum absolute atomic E-state index is 0.0464. The predicted molar refractivity (Wildman–Crippen MR) is 76.0 cm³/mol. The molecule has 0 aromatic heterocycles. The second-order valence-corrected chi connectivity index (χ2v) is 5.98. The SMILES string of the molecule is CC(N)Cc1ccc(N2CCOCC2(C)C)c(F)c1. The third-order valence-corrected chi connectivity index (χ3v) is 3.51. The molecule has 1 aromatic carbocycles. The Morgan fingerprint density at radius 1 is 1.47 bits per heavy atom. The van der Waals surface area contributed by atoms with Crippen LogP contribution in [-0.2, 0) is 11.2 Å². The highest BCUT2D eigenvalue weighted by Gasteiger charge is 2.32. The Morgan fingerprint density at radius 3 is 2.79 bits per heavy atom. The molecule has 106 valence electrons. The summed E-state index contributed by atoms with van der Waals surface area (Å²) < 4.78 is 19.8. The van der Waals surface area contributed by atoms with Crippen LogP contribution in [0.3, 0.4) is 0 Å².